The molecule has 0 saturated carbocycles. The minimum absolute atomic E-state index is 0.0686. The molecule has 1 aliphatic heterocycles. The molecule has 5 nitrogen and oxygen atoms in total. The Labute approximate surface area is 145 Å². The van der Waals surface area contributed by atoms with Crippen molar-refractivity contribution in [1.82, 2.24) is 19.8 Å². The van der Waals surface area contributed by atoms with Crippen molar-refractivity contribution < 1.29 is 4.79 Å². The highest BCUT2D eigenvalue weighted by molar-refractivity contribution is 5.74. The standard InChI is InChI=1S/C19H30N4O/c1-19(2,16-6-4-5-7-16)13-21-18(24)23-10-8-15(9-11-23)17-12-20-14-22(17)3/h6,12,14-15H,4-5,7-11,13H2,1-3H3,(H,21,24). The predicted molar refractivity (Wildman–Crippen MR) is 95.9 cm³/mol. The van der Waals surface area contributed by atoms with E-state index in [0.29, 0.717) is 5.92 Å². The van der Waals surface area contributed by atoms with Gasteiger partial charge in [0.2, 0.25) is 0 Å². The smallest absolute Gasteiger partial charge is 0.317 e. The van der Waals surface area contributed by atoms with Crippen LogP contribution in [0.1, 0.15) is 57.6 Å². The number of nitrogens with zero attached hydrogens (tertiary/aromatic N) is 3. The highest BCUT2D eigenvalue weighted by atomic mass is 16.2. The Balaban J connectivity index is 1.48. The Hall–Kier alpha value is -1.78. The molecule has 24 heavy (non-hydrogen) atoms. The Morgan fingerprint density at radius 2 is 2.12 bits per heavy atom. The number of urea groups is 1. The van der Waals surface area contributed by atoms with E-state index in [9.17, 15) is 4.79 Å². The molecule has 0 spiro atoms. The molecule has 0 bridgehead atoms. The number of amides is 2. The second-order valence-corrected chi connectivity index (χ2v) is 7.85. The Bertz CT molecular complexity index is 609. The maximum Gasteiger partial charge on any atom is 0.317 e. The Morgan fingerprint density at radius 1 is 1.38 bits per heavy atom. The first-order valence-electron chi connectivity index (χ1n) is 9.16. The van der Waals surface area contributed by atoms with E-state index in [0.717, 1.165) is 32.5 Å². The van der Waals surface area contributed by atoms with E-state index in [1.165, 1.54) is 30.5 Å². The molecular weight excluding hydrogens is 300 g/mol. The van der Waals surface area contributed by atoms with Gasteiger partial charge in [-0.3, -0.25) is 0 Å². The summed E-state index contributed by atoms with van der Waals surface area (Å²) in [5.74, 6) is 0.515. The average molecular weight is 330 g/mol. The lowest BCUT2D eigenvalue weighted by atomic mass is 9.83. The third-order valence-electron chi connectivity index (χ3n) is 5.65. The van der Waals surface area contributed by atoms with Gasteiger partial charge in [0.15, 0.2) is 0 Å². The molecule has 0 aromatic carbocycles. The SMILES string of the molecule is Cn1cncc1C1CCN(C(=O)NCC(C)(C)C2=CCCC2)CC1. The first kappa shape index (κ1) is 17.1. The molecule has 2 aliphatic rings. The number of imidazole rings is 1. The molecule has 1 aliphatic carbocycles. The summed E-state index contributed by atoms with van der Waals surface area (Å²) in [6.07, 6.45) is 11.8. The zero-order chi connectivity index (χ0) is 17.2. The van der Waals surface area contributed by atoms with Crippen molar-refractivity contribution in [1.29, 1.82) is 0 Å². The first-order valence-corrected chi connectivity index (χ1v) is 9.16. The first-order chi connectivity index (χ1) is 11.5. The summed E-state index contributed by atoms with van der Waals surface area (Å²) in [5.41, 5.74) is 2.85. The van der Waals surface area contributed by atoms with E-state index in [1.807, 2.05) is 24.5 Å². The number of hydrogen-bond donors (Lipinski definition) is 1. The minimum atomic E-state index is 0.0686. The highest BCUT2D eigenvalue weighted by Gasteiger charge is 2.28. The molecule has 2 heterocycles. The second kappa shape index (κ2) is 6.99. The fourth-order valence-corrected chi connectivity index (χ4v) is 3.95. The van der Waals surface area contributed by atoms with Gasteiger partial charge in [-0.25, -0.2) is 9.78 Å². The number of allylic oxidation sites excluding steroid dienone is 1. The van der Waals surface area contributed by atoms with Gasteiger partial charge in [0.25, 0.3) is 0 Å². The van der Waals surface area contributed by atoms with Gasteiger partial charge in [0, 0.05) is 49.9 Å². The van der Waals surface area contributed by atoms with Gasteiger partial charge in [0.05, 0.1) is 6.33 Å². The molecule has 2 amide bonds. The van der Waals surface area contributed by atoms with Gasteiger partial charge in [-0.15, -0.1) is 0 Å². The summed E-state index contributed by atoms with van der Waals surface area (Å²) in [6.45, 7) is 6.84. The summed E-state index contributed by atoms with van der Waals surface area (Å²) < 4.78 is 2.10. The van der Waals surface area contributed by atoms with Gasteiger partial charge >= 0.3 is 6.03 Å². The predicted octanol–water partition coefficient (Wildman–Crippen LogP) is 3.45. The lowest BCUT2D eigenvalue weighted by Crippen LogP contribution is -2.46. The van der Waals surface area contributed by atoms with Crippen LogP contribution in [0.2, 0.25) is 0 Å². The summed E-state index contributed by atoms with van der Waals surface area (Å²) in [5, 5.41) is 3.16. The van der Waals surface area contributed by atoms with Crippen LogP contribution in [-0.2, 0) is 7.05 Å². The van der Waals surface area contributed by atoms with E-state index in [1.54, 1.807) is 0 Å². The maximum absolute atomic E-state index is 12.5. The van der Waals surface area contributed by atoms with Crippen LogP contribution in [-0.4, -0.2) is 40.1 Å². The van der Waals surface area contributed by atoms with Crippen molar-refractivity contribution in [2.24, 2.45) is 12.5 Å². The third kappa shape index (κ3) is 3.65. The second-order valence-electron chi connectivity index (χ2n) is 7.85. The number of likely N-dealkylation sites (tertiary alicyclic amines) is 1. The van der Waals surface area contributed by atoms with E-state index >= 15 is 0 Å². The fourth-order valence-electron chi connectivity index (χ4n) is 3.95. The van der Waals surface area contributed by atoms with Gasteiger partial charge in [0.1, 0.15) is 0 Å². The molecule has 1 fully saturated rings. The maximum atomic E-state index is 12.5. The van der Waals surface area contributed by atoms with E-state index in [2.05, 4.69) is 34.8 Å². The minimum Gasteiger partial charge on any atom is -0.337 e. The molecule has 1 aromatic heterocycles. The number of piperidine rings is 1. The Kier molecular flexibility index (Phi) is 4.97. The number of hydrogen-bond acceptors (Lipinski definition) is 2. The van der Waals surface area contributed by atoms with Crippen molar-refractivity contribution >= 4 is 6.03 Å². The van der Waals surface area contributed by atoms with Gasteiger partial charge < -0.3 is 14.8 Å². The summed E-state index contributed by atoms with van der Waals surface area (Å²) in [4.78, 5) is 18.7. The van der Waals surface area contributed by atoms with Crippen molar-refractivity contribution in [3.8, 4) is 0 Å². The number of aromatic nitrogens is 2. The van der Waals surface area contributed by atoms with E-state index in [4.69, 9.17) is 0 Å². The molecule has 0 atom stereocenters. The van der Waals surface area contributed by atoms with Crippen molar-refractivity contribution in [3.63, 3.8) is 0 Å². The third-order valence-corrected chi connectivity index (χ3v) is 5.65. The van der Waals surface area contributed by atoms with Crippen LogP contribution in [0.3, 0.4) is 0 Å². The van der Waals surface area contributed by atoms with Crippen LogP contribution in [0.25, 0.3) is 0 Å². The van der Waals surface area contributed by atoms with E-state index in [-0.39, 0.29) is 11.4 Å². The van der Waals surface area contributed by atoms with Gasteiger partial charge in [-0.05, 0) is 32.1 Å². The van der Waals surface area contributed by atoms with Crippen molar-refractivity contribution in [2.75, 3.05) is 19.6 Å². The quantitative estimate of drug-likeness (QED) is 0.860. The molecule has 0 unspecified atom stereocenters. The molecule has 0 radical (unpaired) electrons. The fraction of sp³-hybridized carbons (Fsp3) is 0.684. The van der Waals surface area contributed by atoms with Crippen LogP contribution in [0.4, 0.5) is 4.79 Å². The zero-order valence-corrected chi connectivity index (χ0v) is 15.2. The molecule has 5 heteroatoms. The lowest BCUT2D eigenvalue weighted by molar-refractivity contribution is 0.177. The monoisotopic (exact) mass is 330 g/mol. The highest BCUT2D eigenvalue weighted by Crippen LogP contribution is 2.34. The van der Waals surface area contributed by atoms with Crippen LogP contribution >= 0.6 is 0 Å². The molecule has 132 valence electrons. The normalized spacial score (nSPS) is 19.5. The average Bonchev–Trinajstić information content (AvgIpc) is 3.25. The number of carbonyl (C=O) groups excluding carboxylic acids is 1. The number of rotatable bonds is 4. The van der Waals surface area contributed by atoms with Gasteiger partial charge in [-0.1, -0.05) is 25.5 Å². The summed E-state index contributed by atoms with van der Waals surface area (Å²) >= 11 is 0. The zero-order valence-electron chi connectivity index (χ0n) is 15.2. The van der Waals surface area contributed by atoms with Crippen molar-refractivity contribution in [2.45, 2.75) is 51.9 Å². The molecule has 1 saturated heterocycles. The lowest BCUT2D eigenvalue weighted by Gasteiger charge is -2.34. The summed E-state index contributed by atoms with van der Waals surface area (Å²) in [6, 6.07) is 0.0881. The van der Waals surface area contributed by atoms with Gasteiger partial charge in [-0.2, -0.15) is 0 Å². The largest absolute Gasteiger partial charge is 0.337 e. The molecule has 3 rings (SSSR count). The Morgan fingerprint density at radius 3 is 2.71 bits per heavy atom. The molecular formula is C19H30N4O. The van der Waals surface area contributed by atoms with Crippen LogP contribution in [0, 0.1) is 5.41 Å². The number of nitrogens with one attached hydrogen (secondary N) is 1. The number of aryl methyl sites for hydroxylation is 1. The van der Waals surface area contributed by atoms with Crippen LogP contribution in [0.15, 0.2) is 24.2 Å². The summed E-state index contributed by atoms with van der Waals surface area (Å²) in [7, 11) is 2.04. The van der Waals surface area contributed by atoms with Crippen molar-refractivity contribution in [3.05, 3.63) is 29.9 Å². The van der Waals surface area contributed by atoms with E-state index < -0.39 is 0 Å². The van der Waals surface area contributed by atoms with Crippen LogP contribution < -0.4 is 5.32 Å². The molecule has 1 aromatic rings. The van der Waals surface area contributed by atoms with Crippen LogP contribution in [0.5, 0.6) is 0 Å². The number of carbonyl (C=O) groups is 1. The molecule has 1 N–H and O–H groups in total. The topological polar surface area (TPSA) is 50.2 Å².